The molecular formula is C17H18ClF2N. The van der Waals surface area contributed by atoms with E-state index in [1.165, 1.54) is 12.1 Å². The minimum Gasteiger partial charge on any atom is -0.310 e. The monoisotopic (exact) mass is 309 g/mol. The summed E-state index contributed by atoms with van der Waals surface area (Å²) in [7, 11) is 0. The van der Waals surface area contributed by atoms with Crippen molar-refractivity contribution in [1.29, 1.82) is 0 Å². The molecule has 1 atom stereocenters. The summed E-state index contributed by atoms with van der Waals surface area (Å²) in [5.41, 5.74) is 1.08. The van der Waals surface area contributed by atoms with Crippen LogP contribution in [-0.2, 0) is 6.42 Å². The Hall–Kier alpha value is -1.45. The molecule has 0 amide bonds. The van der Waals surface area contributed by atoms with Crippen LogP contribution in [0.15, 0.2) is 42.5 Å². The van der Waals surface area contributed by atoms with Crippen LogP contribution in [0.4, 0.5) is 8.78 Å². The highest BCUT2D eigenvalue weighted by Crippen LogP contribution is 2.25. The summed E-state index contributed by atoms with van der Waals surface area (Å²) in [4.78, 5) is 0. The largest absolute Gasteiger partial charge is 0.310 e. The zero-order valence-corrected chi connectivity index (χ0v) is 12.6. The number of nitrogens with one attached hydrogen (secondary N) is 1. The molecule has 0 aromatic heterocycles. The van der Waals surface area contributed by atoms with E-state index in [2.05, 4.69) is 5.32 Å². The Morgan fingerprint density at radius 2 is 1.86 bits per heavy atom. The van der Waals surface area contributed by atoms with Crippen molar-refractivity contribution in [2.24, 2.45) is 0 Å². The number of rotatable bonds is 6. The quantitative estimate of drug-likeness (QED) is 0.800. The molecule has 0 heterocycles. The average Bonchev–Trinajstić information content (AvgIpc) is 2.46. The molecule has 1 unspecified atom stereocenters. The number of benzene rings is 2. The molecule has 21 heavy (non-hydrogen) atoms. The second-order valence-corrected chi connectivity index (χ2v) is 5.40. The molecule has 1 nitrogen and oxygen atoms in total. The number of halogens is 3. The Balaban J connectivity index is 2.27. The number of hydrogen-bond acceptors (Lipinski definition) is 1. The van der Waals surface area contributed by atoms with Crippen LogP contribution in [0.1, 0.15) is 30.5 Å². The van der Waals surface area contributed by atoms with Crippen molar-refractivity contribution in [3.8, 4) is 0 Å². The Bertz CT molecular complexity index is 601. The first-order chi connectivity index (χ1) is 10.1. The van der Waals surface area contributed by atoms with Crippen molar-refractivity contribution in [1.82, 2.24) is 5.32 Å². The molecule has 1 N–H and O–H groups in total. The molecular weight excluding hydrogens is 292 g/mol. The summed E-state index contributed by atoms with van der Waals surface area (Å²) in [5, 5.41) is 3.63. The summed E-state index contributed by atoms with van der Waals surface area (Å²) < 4.78 is 27.9. The maximum atomic E-state index is 14.1. The molecule has 0 saturated carbocycles. The fourth-order valence-electron chi connectivity index (χ4n) is 2.28. The van der Waals surface area contributed by atoms with Gasteiger partial charge in [-0.15, -0.1) is 0 Å². The van der Waals surface area contributed by atoms with E-state index >= 15 is 0 Å². The molecule has 2 aromatic carbocycles. The lowest BCUT2D eigenvalue weighted by atomic mass is 9.98. The molecule has 2 rings (SSSR count). The van der Waals surface area contributed by atoms with Gasteiger partial charge < -0.3 is 5.32 Å². The minimum atomic E-state index is -0.368. The molecule has 0 aliphatic heterocycles. The van der Waals surface area contributed by atoms with Crippen LogP contribution < -0.4 is 5.32 Å². The van der Waals surface area contributed by atoms with E-state index in [0.717, 1.165) is 13.0 Å². The van der Waals surface area contributed by atoms with Crippen LogP contribution in [0.2, 0.25) is 5.02 Å². The SMILES string of the molecule is CCCNC(Cc1ccccc1F)c1ccc(Cl)cc1F. The Labute approximate surface area is 128 Å². The molecule has 0 spiro atoms. The zero-order chi connectivity index (χ0) is 15.2. The van der Waals surface area contributed by atoms with Crippen LogP contribution in [0.3, 0.4) is 0 Å². The van der Waals surface area contributed by atoms with Crippen molar-refractivity contribution in [3.63, 3.8) is 0 Å². The first kappa shape index (κ1) is 15.9. The first-order valence-electron chi connectivity index (χ1n) is 7.03. The first-order valence-corrected chi connectivity index (χ1v) is 7.41. The predicted molar refractivity (Wildman–Crippen MR) is 82.5 cm³/mol. The topological polar surface area (TPSA) is 12.0 Å². The molecule has 0 bridgehead atoms. The second-order valence-electron chi connectivity index (χ2n) is 4.97. The summed E-state index contributed by atoms with van der Waals surface area (Å²) in [6, 6.07) is 10.9. The third-order valence-corrected chi connectivity index (χ3v) is 3.60. The maximum absolute atomic E-state index is 14.1. The van der Waals surface area contributed by atoms with Gasteiger partial charge in [0.15, 0.2) is 0 Å². The fourth-order valence-corrected chi connectivity index (χ4v) is 2.44. The van der Waals surface area contributed by atoms with E-state index in [0.29, 0.717) is 22.6 Å². The lowest BCUT2D eigenvalue weighted by molar-refractivity contribution is 0.487. The lowest BCUT2D eigenvalue weighted by Crippen LogP contribution is -2.25. The highest BCUT2D eigenvalue weighted by Gasteiger charge is 2.17. The van der Waals surface area contributed by atoms with Gasteiger partial charge in [0.25, 0.3) is 0 Å². The lowest BCUT2D eigenvalue weighted by Gasteiger charge is -2.20. The van der Waals surface area contributed by atoms with Gasteiger partial charge in [0.1, 0.15) is 11.6 Å². The van der Waals surface area contributed by atoms with Gasteiger partial charge in [0.05, 0.1) is 0 Å². The molecule has 0 aliphatic rings. The van der Waals surface area contributed by atoms with Crippen molar-refractivity contribution in [3.05, 3.63) is 70.2 Å². The van der Waals surface area contributed by atoms with Crippen LogP contribution >= 0.6 is 11.6 Å². The highest BCUT2D eigenvalue weighted by atomic mass is 35.5. The van der Waals surface area contributed by atoms with Crippen molar-refractivity contribution >= 4 is 11.6 Å². The Morgan fingerprint density at radius 3 is 2.52 bits per heavy atom. The van der Waals surface area contributed by atoms with E-state index < -0.39 is 0 Å². The van der Waals surface area contributed by atoms with Gasteiger partial charge in [-0.05, 0) is 43.1 Å². The van der Waals surface area contributed by atoms with E-state index in [4.69, 9.17) is 11.6 Å². The minimum absolute atomic E-state index is 0.268. The van der Waals surface area contributed by atoms with E-state index in [1.807, 2.05) is 6.92 Å². The Kier molecular flexibility index (Phi) is 5.71. The third-order valence-electron chi connectivity index (χ3n) is 3.36. The van der Waals surface area contributed by atoms with Gasteiger partial charge in [-0.1, -0.05) is 42.8 Å². The summed E-state index contributed by atoms with van der Waals surface area (Å²) in [5.74, 6) is -0.636. The van der Waals surface area contributed by atoms with Crippen molar-refractivity contribution < 1.29 is 8.78 Å². The molecule has 112 valence electrons. The molecule has 2 aromatic rings. The normalized spacial score (nSPS) is 12.4. The molecule has 0 saturated heterocycles. The van der Waals surface area contributed by atoms with Gasteiger partial charge >= 0.3 is 0 Å². The molecule has 0 fully saturated rings. The van der Waals surface area contributed by atoms with Crippen LogP contribution in [0.25, 0.3) is 0 Å². The van der Waals surface area contributed by atoms with E-state index in [9.17, 15) is 8.78 Å². The standard InChI is InChI=1S/C17H18ClF2N/c1-2-9-21-17(10-12-5-3-4-6-15(12)19)14-8-7-13(18)11-16(14)20/h3-8,11,17,21H,2,9-10H2,1H3. The summed E-state index contributed by atoms with van der Waals surface area (Å²) >= 11 is 5.79. The highest BCUT2D eigenvalue weighted by molar-refractivity contribution is 6.30. The number of hydrogen-bond donors (Lipinski definition) is 1. The van der Waals surface area contributed by atoms with Crippen molar-refractivity contribution in [2.45, 2.75) is 25.8 Å². The van der Waals surface area contributed by atoms with E-state index in [-0.39, 0.29) is 17.7 Å². The van der Waals surface area contributed by atoms with Crippen LogP contribution in [0, 0.1) is 11.6 Å². The molecule has 0 aliphatic carbocycles. The van der Waals surface area contributed by atoms with Gasteiger partial charge in [-0.2, -0.15) is 0 Å². The average molecular weight is 310 g/mol. The van der Waals surface area contributed by atoms with Crippen molar-refractivity contribution in [2.75, 3.05) is 6.54 Å². The van der Waals surface area contributed by atoms with Gasteiger partial charge in [0.2, 0.25) is 0 Å². The molecule has 4 heteroatoms. The van der Waals surface area contributed by atoms with Gasteiger partial charge in [-0.3, -0.25) is 0 Å². The second kappa shape index (κ2) is 7.53. The van der Waals surface area contributed by atoms with Crippen LogP contribution in [0.5, 0.6) is 0 Å². The predicted octanol–water partition coefficient (Wildman–Crippen LogP) is 4.90. The van der Waals surface area contributed by atoms with Gasteiger partial charge in [0, 0.05) is 16.6 Å². The maximum Gasteiger partial charge on any atom is 0.129 e. The zero-order valence-electron chi connectivity index (χ0n) is 11.9. The van der Waals surface area contributed by atoms with Crippen LogP contribution in [-0.4, -0.2) is 6.54 Å². The third kappa shape index (κ3) is 4.26. The smallest absolute Gasteiger partial charge is 0.129 e. The Morgan fingerprint density at radius 1 is 1.10 bits per heavy atom. The molecule has 0 radical (unpaired) electrons. The fraction of sp³-hybridized carbons (Fsp3) is 0.294. The van der Waals surface area contributed by atoms with Gasteiger partial charge in [-0.25, -0.2) is 8.78 Å². The summed E-state index contributed by atoms with van der Waals surface area (Å²) in [6.07, 6.45) is 1.31. The van der Waals surface area contributed by atoms with E-state index in [1.54, 1.807) is 30.3 Å². The summed E-state index contributed by atoms with van der Waals surface area (Å²) in [6.45, 7) is 2.77.